The predicted octanol–water partition coefficient (Wildman–Crippen LogP) is 3.02. The lowest BCUT2D eigenvalue weighted by Crippen LogP contribution is -3.07. The molecule has 1 unspecified atom stereocenters. The molecule has 1 N–H and O–H groups in total. The SMILES string of the molecule is COc1ccc(C[NH+](C)Cn2nc(C3CC3)n(Cc3ccccc3)c2=S)cc1. The van der Waals surface area contributed by atoms with Crippen molar-refractivity contribution in [1.29, 1.82) is 0 Å². The Balaban J connectivity index is 1.51. The van der Waals surface area contributed by atoms with Gasteiger partial charge in [-0.05, 0) is 54.9 Å². The van der Waals surface area contributed by atoms with Crippen LogP contribution in [-0.2, 0) is 19.8 Å². The molecule has 1 saturated carbocycles. The van der Waals surface area contributed by atoms with Gasteiger partial charge in [0.1, 0.15) is 18.1 Å². The summed E-state index contributed by atoms with van der Waals surface area (Å²) in [4.78, 5) is 1.34. The van der Waals surface area contributed by atoms with E-state index in [1.807, 2.05) is 22.9 Å². The Hall–Kier alpha value is -2.44. The maximum absolute atomic E-state index is 5.81. The first-order valence-corrected chi connectivity index (χ1v) is 10.2. The molecule has 0 aliphatic heterocycles. The number of quaternary nitrogens is 1. The molecule has 0 radical (unpaired) electrons. The van der Waals surface area contributed by atoms with Crippen molar-refractivity contribution in [2.24, 2.45) is 0 Å². The molecule has 0 saturated heterocycles. The third kappa shape index (κ3) is 4.34. The van der Waals surface area contributed by atoms with Gasteiger partial charge in [-0.1, -0.05) is 30.3 Å². The lowest BCUT2D eigenvalue weighted by atomic mass is 10.2. The van der Waals surface area contributed by atoms with Crippen molar-refractivity contribution in [2.45, 2.75) is 38.5 Å². The van der Waals surface area contributed by atoms with Crippen molar-refractivity contribution in [3.63, 3.8) is 0 Å². The minimum atomic E-state index is 0.563. The van der Waals surface area contributed by atoms with Crippen LogP contribution in [0.15, 0.2) is 54.6 Å². The van der Waals surface area contributed by atoms with Crippen LogP contribution in [0, 0.1) is 4.77 Å². The number of hydrogen-bond donors (Lipinski definition) is 1. The molecular formula is C22H27N4OS+. The number of ether oxygens (including phenoxy) is 1. The van der Waals surface area contributed by atoms with E-state index in [1.54, 1.807) is 7.11 Å². The first kappa shape index (κ1) is 18.9. The van der Waals surface area contributed by atoms with Gasteiger partial charge in [0, 0.05) is 11.5 Å². The number of nitrogens with zero attached hydrogens (tertiary/aromatic N) is 3. The molecule has 1 atom stereocenters. The smallest absolute Gasteiger partial charge is 0.203 e. The Morgan fingerprint density at radius 2 is 1.79 bits per heavy atom. The highest BCUT2D eigenvalue weighted by molar-refractivity contribution is 7.71. The van der Waals surface area contributed by atoms with Crippen LogP contribution in [0.3, 0.4) is 0 Å². The lowest BCUT2D eigenvalue weighted by molar-refractivity contribution is -0.917. The summed E-state index contributed by atoms with van der Waals surface area (Å²) in [6.45, 7) is 2.46. The minimum absolute atomic E-state index is 0.563. The summed E-state index contributed by atoms with van der Waals surface area (Å²) in [6.07, 6.45) is 2.43. The summed E-state index contributed by atoms with van der Waals surface area (Å²) in [5.74, 6) is 2.59. The molecule has 1 aliphatic rings. The van der Waals surface area contributed by atoms with Crippen LogP contribution in [0.25, 0.3) is 0 Å². The van der Waals surface area contributed by atoms with Crippen LogP contribution >= 0.6 is 12.2 Å². The fraction of sp³-hybridized carbons (Fsp3) is 0.364. The Labute approximate surface area is 171 Å². The van der Waals surface area contributed by atoms with E-state index in [9.17, 15) is 0 Å². The van der Waals surface area contributed by atoms with E-state index in [0.717, 1.165) is 36.1 Å². The van der Waals surface area contributed by atoms with E-state index < -0.39 is 0 Å². The summed E-state index contributed by atoms with van der Waals surface area (Å²) in [7, 11) is 3.87. The first-order valence-electron chi connectivity index (χ1n) is 9.79. The molecule has 1 fully saturated rings. The van der Waals surface area contributed by atoms with Crippen LogP contribution in [0.5, 0.6) is 5.75 Å². The van der Waals surface area contributed by atoms with Crippen LogP contribution < -0.4 is 9.64 Å². The van der Waals surface area contributed by atoms with Crippen molar-refractivity contribution in [3.8, 4) is 5.75 Å². The van der Waals surface area contributed by atoms with Crippen LogP contribution in [-0.4, -0.2) is 28.5 Å². The molecule has 146 valence electrons. The van der Waals surface area contributed by atoms with Crippen molar-refractivity contribution in [1.82, 2.24) is 14.3 Å². The monoisotopic (exact) mass is 395 g/mol. The molecule has 5 nitrogen and oxygen atoms in total. The number of hydrogen-bond acceptors (Lipinski definition) is 3. The van der Waals surface area contributed by atoms with Gasteiger partial charge < -0.3 is 9.64 Å². The zero-order valence-corrected chi connectivity index (χ0v) is 17.3. The third-order valence-electron chi connectivity index (χ3n) is 5.16. The van der Waals surface area contributed by atoms with E-state index in [4.69, 9.17) is 22.1 Å². The summed E-state index contributed by atoms with van der Waals surface area (Å²) in [5, 5.41) is 4.91. The summed E-state index contributed by atoms with van der Waals surface area (Å²) in [6, 6.07) is 18.7. The Kier molecular flexibility index (Phi) is 5.59. The van der Waals surface area contributed by atoms with Gasteiger partial charge in [0.25, 0.3) is 0 Å². The quantitative estimate of drug-likeness (QED) is 0.596. The van der Waals surface area contributed by atoms with Crippen molar-refractivity contribution in [2.75, 3.05) is 14.2 Å². The summed E-state index contributed by atoms with van der Waals surface area (Å²) < 4.78 is 10.3. The van der Waals surface area contributed by atoms with Crippen LogP contribution in [0.4, 0.5) is 0 Å². The number of aromatic nitrogens is 3. The van der Waals surface area contributed by atoms with Crippen LogP contribution in [0.2, 0.25) is 0 Å². The van der Waals surface area contributed by atoms with E-state index in [2.05, 4.69) is 48.0 Å². The van der Waals surface area contributed by atoms with E-state index in [1.165, 1.54) is 28.9 Å². The van der Waals surface area contributed by atoms with Gasteiger partial charge in [-0.15, -0.1) is 0 Å². The Bertz CT molecular complexity index is 974. The third-order valence-corrected chi connectivity index (χ3v) is 5.59. The Morgan fingerprint density at radius 1 is 1.07 bits per heavy atom. The van der Waals surface area contributed by atoms with Gasteiger partial charge >= 0.3 is 0 Å². The van der Waals surface area contributed by atoms with E-state index in [0.29, 0.717) is 5.92 Å². The van der Waals surface area contributed by atoms with Gasteiger partial charge in [-0.3, -0.25) is 4.57 Å². The number of rotatable bonds is 8. The average molecular weight is 396 g/mol. The molecule has 0 bridgehead atoms. The number of benzene rings is 2. The summed E-state index contributed by atoms with van der Waals surface area (Å²) >= 11 is 5.81. The van der Waals surface area contributed by atoms with Gasteiger partial charge in [0.15, 0.2) is 6.67 Å². The van der Waals surface area contributed by atoms with Gasteiger partial charge in [0.05, 0.1) is 20.7 Å². The predicted molar refractivity (Wildman–Crippen MR) is 112 cm³/mol. The Morgan fingerprint density at radius 3 is 2.43 bits per heavy atom. The largest absolute Gasteiger partial charge is 0.497 e. The van der Waals surface area contributed by atoms with Crippen LogP contribution in [0.1, 0.15) is 35.7 Å². The molecular weight excluding hydrogens is 368 g/mol. The standard InChI is InChI=1S/C22H26N4OS/c1-24(14-18-8-12-20(27-2)13-9-18)16-26-22(28)25(21(23-26)19-10-11-19)15-17-6-4-3-5-7-17/h3-9,12-13,19H,10-11,14-16H2,1-2H3/p+1. The van der Waals surface area contributed by atoms with Crippen molar-refractivity contribution < 1.29 is 9.64 Å². The second-order valence-corrected chi connectivity index (χ2v) is 7.99. The first-order chi connectivity index (χ1) is 13.6. The normalized spacial score (nSPS) is 14.8. The lowest BCUT2D eigenvalue weighted by Gasteiger charge is -2.14. The molecule has 4 rings (SSSR count). The van der Waals surface area contributed by atoms with Gasteiger partial charge in [-0.25, -0.2) is 0 Å². The molecule has 1 aliphatic carbocycles. The van der Waals surface area contributed by atoms with Crippen molar-refractivity contribution >= 4 is 12.2 Å². The second kappa shape index (κ2) is 8.29. The number of nitrogens with one attached hydrogen (secondary N) is 1. The topological polar surface area (TPSA) is 36.4 Å². The fourth-order valence-corrected chi connectivity index (χ4v) is 3.79. The average Bonchev–Trinajstić information content (AvgIpc) is 3.51. The number of methoxy groups -OCH3 is 1. The van der Waals surface area contributed by atoms with Gasteiger partial charge in [0.2, 0.25) is 4.77 Å². The zero-order valence-electron chi connectivity index (χ0n) is 16.5. The molecule has 2 aromatic carbocycles. The highest BCUT2D eigenvalue weighted by Crippen LogP contribution is 2.39. The van der Waals surface area contributed by atoms with E-state index >= 15 is 0 Å². The minimum Gasteiger partial charge on any atom is -0.497 e. The molecule has 28 heavy (non-hydrogen) atoms. The maximum atomic E-state index is 5.81. The molecule has 1 aromatic heterocycles. The zero-order chi connectivity index (χ0) is 19.5. The van der Waals surface area contributed by atoms with Crippen molar-refractivity contribution in [3.05, 3.63) is 76.3 Å². The maximum Gasteiger partial charge on any atom is 0.203 e. The van der Waals surface area contributed by atoms with E-state index in [-0.39, 0.29) is 0 Å². The summed E-state index contributed by atoms with van der Waals surface area (Å²) in [5.41, 5.74) is 2.54. The molecule has 0 spiro atoms. The molecule has 0 amide bonds. The highest BCUT2D eigenvalue weighted by Gasteiger charge is 2.30. The molecule has 6 heteroatoms. The van der Waals surface area contributed by atoms with Gasteiger partial charge in [-0.2, -0.15) is 9.78 Å². The second-order valence-electron chi connectivity index (χ2n) is 7.63. The highest BCUT2D eigenvalue weighted by atomic mass is 32.1. The fourth-order valence-electron chi connectivity index (χ4n) is 3.52. The molecule has 3 aromatic rings. The molecule has 1 heterocycles.